The average molecular weight is 422 g/mol. The maximum Gasteiger partial charge on any atom is 1.00 e. The van der Waals surface area contributed by atoms with E-state index in [1.165, 1.54) is 31.4 Å². The van der Waals surface area contributed by atoms with E-state index in [9.17, 15) is 13.2 Å². The number of hydrogen-bond donors (Lipinski definition) is 0. The number of ketones is 1. The fourth-order valence-electron chi connectivity index (χ4n) is 3.66. The van der Waals surface area contributed by atoms with E-state index in [1.54, 1.807) is 18.2 Å². The molecule has 0 spiro atoms. The number of carbonyl (C=O) groups is 1. The van der Waals surface area contributed by atoms with Crippen LogP contribution in [0.4, 0.5) is 0 Å². The van der Waals surface area contributed by atoms with Gasteiger partial charge in [-0.15, -0.1) is 0 Å². The third kappa shape index (κ3) is 8.00. The number of rotatable bonds is 4. The SMILES string of the molecule is C/C=C\C(=O)C1C(C)CCCC1(C)C.Cc1ccc(S(=O)(=O)[N-]Cl)cc1.[Na+]. The van der Waals surface area contributed by atoms with Crippen LogP contribution in [-0.4, -0.2) is 14.2 Å². The molecule has 0 heterocycles. The predicted octanol–water partition coefficient (Wildman–Crippen LogP) is 2.81. The molecule has 0 amide bonds. The summed E-state index contributed by atoms with van der Waals surface area (Å²) >= 11 is 4.90. The van der Waals surface area contributed by atoms with Crippen LogP contribution in [-0.2, 0) is 14.8 Å². The second-order valence-electron chi connectivity index (χ2n) is 7.60. The summed E-state index contributed by atoms with van der Waals surface area (Å²) in [6, 6.07) is 6.32. The van der Waals surface area contributed by atoms with Crippen LogP contribution in [0.1, 0.15) is 52.5 Å². The van der Waals surface area contributed by atoms with E-state index in [0.29, 0.717) is 11.7 Å². The summed E-state index contributed by atoms with van der Waals surface area (Å²) in [5.74, 6) is 1.10. The van der Waals surface area contributed by atoms with Gasteiger partial charge in [-0.05, 0) is 56.2 Å². The minimum absolute atomic E-state index is 0. The van der Waals surface area contributed by atoms with Crippen molar-refractivity contribution in [1.29, 1.82) is 0 Å². The van der Waals surface area contributed by atoms with Crippen LogP contribution < -0.4 is 29.6 Å². The van der Waals surface area contributed by atoms with E-state index in [2.05, 4.69) is 25.0 Å². The number of sulfonamides is 1. The van der Waals surface area contributed by atoms with Crippen LogP contribution in [0.15, 0.2) is 41.3 Å². The minimum atomic E-state index is -3.62. The van der Waals surface area contributed by atoms with Gasteiger partial charge in [-0.1, -0.05) is 51.0 Å². The van der Waals surface area contributed by atoms with Crippen molar-refractivity contribution in [3.05, 3.63) is 46.2 Å². The van der Waals surface area contributed by atoms with Gasteiger partial charge in [0.15, 0.2) is 5.78 Å². The van der Waals surface area contributed by atoms with Crippen molar-refractivity contribution >= 4 is 27.6 Å². The van der Waals surface area contributed by atoms with Crippen LogP contribution in [0, 0.1) is 24.2 Å². The fourth-order valence-corrected chi connectivity index (χ4v) is 4.45. The van der Waals surface area contributed by atoms with Crippen molar-refractivity contribution in [2.45, 2.75) is 58.8 Å². The van der Waals surface area contributed by atoms with Crippen molar-refractivity contribution in [3.63, 3.8) is 0 Å². The molecule has 7 heteroatoms. The van der Waals surface area contributed by atoms with E-state index in [0.717, 1.165) is 5.56 Å². The Kier molecular flexibility index (Phi) is 11.7. The number of hydrogen-bond acceptors (Lipinski definition) is 3. The maximum absolute atomic E-state index is 11.9. The molecule has 1 saturated carbocycles. The molecule has 2 atom stereocenters. The van der Waals surface area contributed by atoms with Gasteiger partial charge >= 0.3 is 29.6 Å². The van der Waals surface area contributed by atoms with E-state index in [-0.39, 0.29) is 45.8 Å². The van der Waals surface area contributed by atoms with Crippen LogP contribution in [0.25, 0.3) is 4.24 Å². The molecule has 0 radical (unpaired) electrons. The first-order valence-electron chi connectivity index (χ1n) is 8.86. The molecule has 2 rings (SSSR count). The molecule has 2 unspecified atom stereocenters. The second kappa shape index (κ2) is 11.7. The second-order valence-corrected chi connectivity index (χ2v) is 9.57. The topological polar surface area (TPSA) is 65.3 Å². The molecule has 0 saturated heterocycles. The van der Waals surface area contributed by atoms with Gasteiger partial charge in [0, 0.05) is 10.8 Å². The molecule has 0 bridgehead atoms. The average Bonchev–Trinajstić information content (AvgIpc) is 2.55. The Morgan fingerprint density at radius 3 is 2.26 bits per heavy atom. The van der Waals surface area contributed by atoms with Crippen molar-refractivity contribution in [2.75, 3.05) is 0 Å². The van der Waals surface area contributed by atoms with E-state index in [1.807, 2.05) is 19.9 Å². The van der Waals surface area contributed by atoms with Gasteiger partial charge in [0.1, 0.15) is 10.0 Å². The molecule has 0 aromatic heterocycles. The monoisotopic (exact) mass is 421 g/mol. The molecule has 146 valence electrons. The first-order valence-corrected chi connectivity index (χ1v) is 10.6. The number of carbonyl (C=O) groups excluding carboxylic acids is 1. The quantitative estimate of drug-likeness (QED) is 0.554. The summed E-state index contributed by atoms with van der Waals surface area (Å²) in [4.78, 5) is 12.1. The van der Waals surface area contributed by atoms with Gasteiger partial charge in [-0.2, -0.15) is 0 Å². The Morgan fingerprint density at radius 1 is 1.26 bits per heavy atom. The zero-order chi connectivity index (χ0) is 20.0. The Bertz CT molecular complexity index is 730. The third-order valence-electron chi connectivity index (χ3n) is 4.94. The molecular formula is C20H29ClNNaO3S. The van der Waals surface area contributed by atoms with Gasteiger partial charge < -0.3 is 4.24 Å². The van der Waals surface area contributed by atoms with Crippen LogP contribution in [0.3, 0.4) is 0 Å². The standard InChI is InChI=1S/C13H22O.C7H7ClNO2S.Na/c1-5-7-11(14)12-10(2)8-6-9-13(12,3)4;1-6-2-4-7(5-3-6)12(10,11)9-8;/h5,7,10,12H,6,8-9H2,1-4H3;2-5H,1H3;/q;-1;+1/b7-5-;;. The number of aryl methyl sites for hydroxylation is 1. The smallest absolute Gasteiger partial charge is 0.458 e. The van der Waals surface area contributed by atoms with Crippen molar-refractivity contribution in [3.8, 4) is 0 Å². The maximum atomic E-state index is 11.9. The van der Waals surface area contributed by atoms with Crippen molar-refractivity contribution < 1.29 is 42.8 Å². The molecule has 0 N–H and O–H groups in total. The van der Waals surface area contributed by atoms with Gasteiger partial charge in [0.25, 0.3) is 0 Å². The zero-order valence-electron chi connectivity index (χ0n) is 17.2. The Morgan fingerprint density at radius 2 is 1.81 bits per heavy atom. The predicted molar refractivity (Wildman–Crippen MR) is 108 cm³/mol. The summed E-state index contributed by atoms with van der Waals surface area (Å²) in [6.07, 6.45) is 7.27. The van der Waals surface area contributed by atoms with E-state index in [4.69, 9.17) is 11.8 Å². The van der Waals surface area contributed by atoms with Crippen molar-refractivity contribution in [1.82, 2.24) is 0 Å². The number of allylic oxidation sites excluding steroid dienone is 2. The molecule has 1 aromatic rings. The largest absolute Gasteiger partial charge is 1.00 e. The number of benzene rings is 1. The zero-order valence-corrected chi connectivity index (χ0v) is 20.8. The number of nitrogens with zero attached hydrogens (tertiary/aromatic N) is 1. The fraction of sp³-hybridized carbons (Fsp3) is 0.550. The van der Waals surface area contributed by atoms with Crippen LogP contribution >= 0.6 is 11.8 Å². The van der Waals surface area contributed by atoms with Gasteiger partial charge in [0.2, 0.25) is 0 Å². The molecule has 0 aliphatic heterocycles. The van der Waals surface area contributed by atoms with Gasteiger partial charge in [0.05, 0.1) is 0 Å². The first kappa shape index (κ1) is 26.8. The molecule has 1 aliphatic carbocycles. The Labute approximate surface area is 191 Å². The summed E-state index contributed by atoms with van der Waals surface area (Å²) < 4.78 is 24.8. The van der Waals surface area contributed by atoms with E-state index < -0.39 is 10.0 Å². The number of halogens is 1. The van der Waals surface area contributed by atoms with Gasteiger partial charge in [-0.25, -0.2) is 8.42 Å². The molecule has 4 nitrogen and oxygen atoms in total. The van der Waals surface area contributed by atoms with Crippen LogP contribution in [0.2, 0.25) is 0 Å². The summed E-state index contributed by atoms with van der Waals surface area (Å²) in [7, 11) is -3.62. The Balaban J connectivity index is 0.000000488. The summed E-state index contributed by atoms with van der Waals surface area (Å²) in [5, 5.41) is 0. The van der Waals surface area contributed by atoms with Crippen molar-refractivity contribution in [2.24, 2.45) is 17.3 Å². The van der Waals surface area contributed by atoms with Crippen LogP contribution in [0.5, 0.6) is 0 Å². The Hall–Kier alpha value is -0.170. The summed E-state index contributed by atoms with van der Waals surface area (Å²) in [6.45, 7) is 10.5. The van der Waals surface area contributed by atoms with E-state index >= 15 is 0 Å². The minimum Gasteiger partial charge on any atom is -0.458 e. The molecule has 1 aliphatic rings. The molecule has 27 heavy (non-hydrogen) atoms. The molecule has 1 fully saturated rings. The van der Waals surface area contributed by atoms with Gasteiger partial charge in [-0.3, -0.25) is 16.6 Å². The molecular weight excluding hydrogens is 393 g/mol. The molecule has 1 aromatic carbocycles. The summed E-state index contributed by atoms with van der Waals surface area (Å²) in [5.41, 5.74) is 1.18. The first-order chi connectivity index (χ1) is 12.0. The normalized spacial score (nSPS) is 21.7. The third-order valence-corrected chi connectivity index (χ3v) is 6.53.